The Balaban J connectivity index is 1.13. The Morgan fingerprint density at radius 3 is 2.52 bits per heavy atom. The fourth-order valence-corrected chi connectivity index (χ4v) is 6.80. The molecule has 0 N–H and O–H groups in total. The molecule has 0 aromatic heterocycles. The van der Waals surface area contributed by atoms with E-state index in [9.17, 15) is 0 Å². The summed E-state index contributed by atoms with van der Waals surface area (Å²) >= 11 is 2.08. The summed E-state index contributed by atoms with van der Waals surface area (Å²) in [5.41, 5.74) is 3.56. The van der Waals surface area contributed by atoms with E-state index >= 15 is 0 Å². The zero-order chi connectivity index (χ0) is 18.1. The van der Waals surface area contributed by atoms with Crippen LogP contribution in [0.2, 0.25) is 0 Å². The molecule has 1 atom stereocenters. The minimum Gasteiger partial charge on any atom is -0.303 e. The lowest BCUT2D eigenvalue weighted by molar-refractivity contribution is 0.149. The van der Waals surface area contributed by atoms with E-state index in [0.717, 1.165) is 12.5 Å². The highest BCUT2D eigenvalue weighted by molar-refractivity contribution is 7.99. The van der Waals surface area contributed by atoms with Gasteiger partial charge in [0.05, 0.1) is 0 Å². The lowest BCUT2D eigenvalue weighted by Gasteiger charge is -2.40. The summed E-state index contributed by atoms with van der Waals surface area (Å²) in [6.45, 7) is 7.52. The predicted octanol–water partition coefficient (Wildman–Crippen LogP) is 4.65. The largest absolute Gasteiger partial charge is 0.303 e. The third kappa shape index (κ3) is 3.70. The molecule has 2 saturated heterocycles. The molecule has 2 aromatic rings. The second kappa shape index (κ2) is 7.62. The maximum absolute atomic E-state index is 2.76. The van der Waals surface area contributed by atoms with Crippen molar-refractivity contribution in [3.05, 3.63) is 65.7 Å². The minimum atomic E-state index is 0.465. The van der Waals surface area contributed by atoms with Gasteiger partial charge in [-0.3, -0.25) is 4.90 Å². The Hall–Kier alpha value is -1.29. The van der Waals surface area contributed by atoms with Gasteiger partial charge in [-0.25, -0.2) is 0 Å². The summed E-state index contributed by atoms with van der Waals surface area (Å²) in [7, 11) is 0. The van der Waals surface area contributed by atoms with Gasteiger partial charge in [-0.1, -0.05) is 48.5 Å². The van der Waals surface area contributed by atoms with E-state index in [4.69, 9.17) is 0 Å². The van der Waals surface area contributed by atoms with E-state index in [0.29, 0.717) is 5.41 Å². The summed E-state index contributed by atoms with van der Waals surface area (Å²) in [6.07, 6.45) is 4.06. The molecule has 2 fully saturated rings. The highest BCUT2D eigenvalue weighted by Gasteiger charge is 2.41. The first-order valence-electron chi connectivity index (χ1n) is 10.5. The van der Waals surface area contributed by atoms with E-state index < -0.39 is 0 Å². The molecule has 27 heavy (non-hydrogen) atoms. The summed E-state index contributed by atoms with van der Waals surface area (Å²) in [4.78, 5) is 6.95. The van der Waals surface area contributed by atoms with Crippen molar-refractivity contribution in [2.24, 2.45) is 5.92 Å². The fraction of sp³-hybridized carbons (Fsp3) is 0.500. The number of hydrogen-bond acceptors (Lipinski definition) is 3. The molecule has 3 heteroatoms. The summed E-state index contributed by atoms with van der Waals surface area (Å²) in [5, 5.41) is 0. The van der Waals surface area contributed by atoms with Gasteiger partial charge in [-0.15, -0.1) is 11.8 Å². The third-order valence-electron chi connectivity index (χ3n) is 6.91. The molecule has 0 saturated carbocycles. The van der Waals surface area contributed by atoms with E-state index in [-0.39, 0.29) is 0 Å². The molecule has 0 bridgehead atoms. The number of likely N-dealkylation sites (tertiary alicyclic amines) is 2. The lowest BCUT2D eigenvalue weighted by atomic mass is 9.74. The van der Waals surface area contributed by atoms with Gasteiger partial charge in [0.1, 0.15) is 0 Å². The van der Waals surface area contributed by atoms with Crippen LogP contribution in [-0.4, -0.2) is 48.3 Å². The molecule has 3 aliphatic rings. The molecule has 0 radical (unpaired) electrons. The van der Waals surface area contributed by atoms with Crippen molar-refractivity contribution < 1.29 is 0 Å². The SMILES string of the molecule is c1ccc(CN2CC[C@@H](CN3CCC4(CC3)CSc3ccccc34)C2)cc1. The minimum absolute atomic E-state index is 0.465. The summed E-state index contributed by atoms with van der Waals surface area (Å²) < 4.78 is 0. The van der Waals surface area contributed by atoms with Gasteiger partial charge >= 0.3 is 0 Å². The Morgan fingerprint density at radius 1 is 0.889 bits per heavy atom. The predicted molar refractivity (Wildman–Crippen MR) is 114 cm³/mol. The van der Waals surface area contributed by atoms with Gasteiger partial charge in [-0.05, 0) is 62.0 Å². The third-order valence-corrected chi connectivity index (χ3v) is 8.27. The van der Waals surface area contributed by atoms with E-state index in [1.54, 1.807) is 10.5 Å². The smallest absolute Gasteiger partial charge is 0.0233 e. The second-order valence-corrected chi connectivity index (χ2v) is 9.76. The Kier molecular flexibility index (Phi) is 5.02. The van der Waals surface area contributed by atoms with Crippen LogP contribution in [0.25, 0.3) is 0 Å². The first-order valence-corrected chi connectivity index (χ1v) is 11.5. The number of rotatable bonds is 4. The van der Waals surface area contributed by atoms with Crippen molar-refractivity contribution in [2.75, 3.05) is 38.5 Å². The molecule has 1 spiro atoms. The molecule has 2 aromatic carbocycles. The number of thioether (sulfide) groups is 1. The lowest BCUT2D eigenvalue weighted by Crippen LogP contribution is -2.44. The maximum atomic E-state index is 2.76. The van der Waals surface area contributed by atoms with Crippen LogP contribution in [0, 0.1) is 5.92 Å². The highest BCUT2D eigenvalue weighted by atomic mass is 32.2. The Labute approximate surface area is 167 Å². The van der Waals surface area contributed by atoms with Crippen molar-refractivity contribution in [2.45, 2.75) is 36.1 Å². The van der Waals surface area contributed by atoms with Gasteiger partial charge < -0.3 is 4.90 Å². The number of benzene rings is 2. The first kappa shape index (κ1) is 17.8. The van der Waals surface area contributed by atoms with Crippen molar-refractivity contribution in [1.29, 1.82) is 0 Å². The normalized spacial score (nSPS) is 25.1. The molecule has 5 rings (SSSR count). The fourth-order valence-electron chi connectivity index (χ4n) is 5.31. The number of hydrogen-bond donors (Lipinski definition) is 0. The van der Waals surface area contributed by atoms with E-state index in [2.05, 4.69) is 76.2 Å². The van der Waals surface area contributed by atoms with Crippen molar-refractivity contribution >= 4 is 11.8 Å². The number of fused-ring (bicyclic) bond motifs is 2. The van der Waals surface area contributed by atoms with Gasteiger partial charge in [0.25, 0.3) is 0 Å². The van der Waals surface area contributed by atoms with Gasteiger partial charge in [0.15, 0.2) is 0 Å². The van der Waals surface area contributed by atoms with Crippen LogP contribution >= 0.6 is 11.8 Å². The second-order valence-electron chi connectivity index (χ2n) is 8.74. The van der Waals surface area contributed by atoms with Crippen LogP contribution in [0.4, 0.5) is 0 Å². The van der Waals surface area contributed by atoms with Gasteiger partial charge in [0, 0.05) is 35.7 Å². The molecular formula is C24H30N2S. The zero-order valence-electron chi connectivity index (χ0n) is 16.1. The van der Waals surface area contributed by atoms with Crippen LogP contribution in [0.15, 0.2) is 59.5 Å². The van der Waals surface area contributed by atoms with E-state index in [1.165, 1.54) is 63.3 Å². The molecule has 142 valence electrons. The topological polar surface area (TPSA) is 6.48 Å². The van der Waals surface area contributed by atoms with Crippen LogP contribution < -0.4 is 0 Å². The van der Waals surface area contributed by atoms with Crippen molar-refractivity contribution in [3.63, 3.8) is 0 Å². The average Bonchev–Trinajstić information content (AvgIpc) is 3.30. The molecule has 3 heterocycles. The van der Waals surface area contributed by atoms with E-state index in [1.807, 2.05) is 0 Å². The summed E-state index contributed by atoms with van der Waals surface area (Å²) in [5.74, 6) is 2.15. The van der Waals surface area contributed by atoms with Gasteiger partial charge in [-0.2, -0.15) is 0 Å². The average molecular weight is 379 g/mol. The highest BCUT2D eigenvalue weighted by Crippen LogP contribution is 2.49. The summed E-state index contributed by atoms with van der Waals surface area (Å²) in [6, 6.07) is 20.1. The van der Waals surface area contributed by atoms with Gasteiger partial charge in [0.2, 0.25) is 0 Å². The molecule has 2 nitrogen and oxygen atoms in total. The molecule has 3 aliphatic heterocycles. The molecule has 0 aliphatic carbocycles. The quantitative estimate of drug-likeness (QED) is 0.765. The van der Waals surface area contributed by atoms with Crippen LogP contribution in [0.5, 0.6) is 0 Å². The monoisotopic (exact) mass is 378 g/mol. The van der Waals surface area contributed by atoms with Crippen LogP contribution in [0.1, 0.15) is 30.4 Å². The van der Waals surface area contributed by atoms with Crippen LogP contribution in [-0.2, 0) is 12.0 Å². The number of piperidine rings is 1. The maximum Gasteiger partial charge on any atom is 0.0233 e. The molecular weight excluding hydrogens is 348 g/mol. The Bertz CT molecular complexity index is 767. The first-order chi connectivity index (χ1) is 13.3. The molecule has 0 amide bonds. The van der Waals surface area contributed by atoms with Crippen molar-refractivity contribution in [3.8, 4) is 0 Å². The standard InChI is InChI=1S/C24H30N2S/c1-2-6-20(7-3-1)16-26-13-10-21(18-26)17-25-14-11-24(12-15-25)19-27-23-9-5-4-8-22(23)24/h1-9,21H,10-19H2/t21-/m0/s1. The van der Waals surface area contributed by atoms with Crippen LogP contribution in [0.3, 0.4) is 0 Å². The Morgan fingerprint density at radius 2 is 1.67 bits per heavy atom. The number of nitrogens with zero attached hydrogens (tertiary/aromatic N) is 2. The molecule has 0 unspecified atom stereocenters. The zero-order valence-corrected chi connectivity index (χ0v) is 17.0. The van der Waals surface area contributed by atoms with Crippen molar-refractivity contribution in [1.82, 2.24) is 9.80 Å².